The molecule has 7 nitrogen and oxygen atoms in total. The molecule has 2 aliphatic rings. The van der Waals surface area contributed by atoms with Crippen LogP contribution in [0.15, 0.2) is 18.2 Å². The second-order valence-electron chi connectivity index (χ2n) is 7.77. The lowest BCUT2D eigenvalue weighted by molar-refractivity contribution is -0.120. The minimum absolute atomic E-state index is 0.0135. The van der Waals surface area contributed by atoms with Crippen LogP contribution in [-0.2, 0) is 26.0 Å². The largest absolute Gasteiger partial charge is 0.493 e. The van der Waals surface area contributed by atoms with Gasteiger partial charge in [-0.15, -0.1) is 0 Å². The highest BCUT2D eigenvalue weighted by atomic mass is 32.2. The summed E-state index contributed by atoms with van der Waals surface area (Å²) in [6.45, 7) is 5.34. The van der Waals surface area contributed by atoms with Crippen LogP contribution in [0.25, 0.3) is 0 Å². The summed E-state index contributed by atoms with van der Waals surface area (Å²) in [5, 5.41) is 0. The molecule has 2 aliphatic heterocycles. The fraction of sp³-hybridized carbons (Fsp3) is 0.684. The molecule has 27 heavy (non-hydrogen) atoms. The lowest BCUT2D eigenvalue weighted by Gasteiger charge is -2.37. The third-order valence-electron chi connectivity index (χ3n) is 4.96. The van der Waals surface area contributed by atoms with Gasteiger partial charge in [-0.3, -0.25) is 0 Å². The summed E-state index contributed by atoms with van der Waals surface area (Å²) in [5.41, 5.74) is 0.865. The van der Waals surface area contributed by atoms with E-state index in [-0.39, 0.29) is 18.1 Å². The molecule has 0 spiro atoms. The molecule has 0 N–H and O–H groups in total. The Kier molecular flexibility index (Phi) is 6.30. The first-order valence-corrected chi connectivity index (χ1v) is 11.1. The van der Waals surface area contributed by atoms with Gasteiger partial charge in [0.15, 0.2) is 11.5 Å². The van der Waals surface area contributed by atoms with Gasteiger partial charge < -0.3 is 18.9 Å². The van der Waals surface area contributed by atoms with Crippen molar-refractivity contribution in [1.82, 2.24) is 4.31 Å². The van der Waals surface area contributed by atoms with Crippen LogP contribution in [0.3, 0.4) is 0 Å². The molecule has 1 aromatic carbocycles. The van der Waals surface area contributed by atoms with Crippen molar-refractivity contribution >= 4 is 10.0 Å². The van der Waals surface area contributed by atoms with Crippen LogP contribution in [0.5, 0.6) is 11.5 Å². The second-order valence-corrected chi connectivity index (χ2v) is 9.75. The van der Waals surface area contributed by atoms with E-state index in [2.05, 4.69) is 6.92 Å². The molecule has 1 atom stereocenters. The lowest BCUT2D eigenvalue weighted by atomic mass is 9.90. The van der Waals surface area contributed by atoms with E-state index in [9.17, 15) is 8.42 Å². The number of ether oxygens (including phenoxy) is 4. The van der Waals surface area contributed by atoms with Crippen LogP contribution in [0.2, 0.25) is 0 Å². The summed E-state index contributed by atoms with van der Waals surface area (Å²) < 4.78 is 48.2. The highest BCUT2D eigenvalue weighted by Gasteiger charge is 2.34. The lowest BCUT2D eigenvalue weighted by Crippen LogP contribution is -2.44. The summed E-state index contributed by atoms with van der Waals surface area (Å²) in [7, 11) is -1.75. The van der Waals surface area contributed by atoms with Crippen molar-refractivity contribution in [2.75, 3.05) is 46.3 Å². The van der Waals surface area contributed by atoms with E-state index >= 15 is 0 Å². The van der Waals surface area contributed by atoms with Gasteiger partial charge in [-0.2, -0.15) is 4.31 Å². The summed E-state index contributed by atoms with van der Waals surface area (Å²) >= 11 is 0. The molecule has 8 heteroatoms. The summed E-state index contributed by atoms with van der Waals surface area (Å²) in [5.74, 6) is 1.25. The Hall–Kier alpha value is -1.35. The highest BCUT2D eigenvalue weighted by Crippen LogP contribution is 2.33. The number of benzene rings is 1. The van der Waals surface area contributed by atoms with E-state index < -0.39 is 10.0 Å². The zero-order valence-electron chi connectivity index (χ0n) is 16.3. The Morgan fingerprint density at radius 3 is 2.63 bits per heavy atom. The maximum absolute atomic E-state index is 12.2. The van der Waals surface area contributed by atoms with E-state index in [0.29, 0.717) is 44.5 Å². The predicted molar refractivity (Wildman–Crippen MR) is 102 cm³/mol. The molecule has 2 fully saturated rings. The topological polar surface area (TPSA) is 74.3 Å². The van der Waals surface area contributed by atoms with Gasteiger partial charge in [-0.25, -0.2) is 8.42 Å². The first-order chi connectivity index (χ1) is 12.8. The van der Waals surface area contributed by atoms with E-state index in [1.165, 1.54) is 10.6 Å². The molecule has 0 saturated carbocycles. The fourth-order valence-electron chi connectivity index (χ4n) is 3.25. The van der Waals surface area contributed by atoms with Crippen molar-refractivity contribution in [2.45, 2.75) is 32.4 Å². The number of methoxy groups -OCH3 is 1. The monoisotopic (exact) mass is 399 g/mol. The number of sulfonamides is 1. The highest BCUT2D eigenvalue weighted by molar-refractivity contribution is 7.88. The van der Waals surface area contributed by atoms with E-state index in [1.807, 2.05) is 18.2 Å². The Morgan fingerprint density at radius 1 is 1.30 bits per heavy atom. The molecule has 0 amide bonds. The van der Waals surface area contributed by atoms with Crippen molar-refractivity contribution in [1.29, 1.82) is 0 Å². The van der Waals surface area contributed by atoms with Crippen LogP contribution < -0.4 is 9.47 Å². The maximum atomic E-state index is 12.2. The molecule has 0 radical (unpaired) electrons. The summed E-state index contributed by atoms with van der Waals surface area (Å²) in [6, 6.07) is 5.54. The van der Waals surface area contributed by atoms with Gasteiger partial charge in [-0.1, -0.05) is 13.0 Å². The average Bonchev–Trinajstić information content (AvgIpc) is 3.10. The standard InChI is InChI=1S/C19H29NO6S/c1-19(12-24-13-19)14-26-18-9-15(6-7-17(18)23-2)10-20(27(3,21)22)11-16-5-4-8-25-16/h6-7,9,16H,4-5,8,10-14H2,1-3H3. The van der Waals surface area contributed by atoms with E-state index in [4.69, 9.17) is 18.9 Å². The Morgan fingerprint density at radius 2 is 2.07 bits per heavy atom. The molecule has 2 saturated heterocycles. The van der Waals surface area contributed by atoms with Gasteiger partial charge in [-0.05, 0) is 30.5 Å². The SMILES string of the molecule is COc1ccc(CN(CC2CCCO2)S(C)(=O)=O)cc1OCC1(C)COC1. The molecule has 1 unspecified atom stereocenters. The number of hydrogen-bond donors (Lipinski definition) is 0. The number of hydrogen-bond acceptors (Lipinski definition) is 6. The predicted octanol–water partition coefficient (Wildman–Crippen LogP) is 2.05. The van der Waals surface area contributed by atoms with Crippen molar-refractivity contribution in [3.05, 3.63) is 23.8 Å². The molecule has 0 bridgehead atoms. The second kappa shape index (κ2) is 8.34. The Balaban J connectivity index is 1.72. The van der Waals surface area contributed by atoms with Crippen molar-refractivity contribution in [2.24, 2.45) is 5.41 Å². The molecule has 2 heterocycles. The van der Waals surface area contributed by atoms with Crippen LogP contribution in [0.4, 0.5) is 0 Å². The minimum Gasteiger partial charge on any atom is -0.493 e. The van der Waals surface area contributed by atoms with Crippen molar-refractivity contribution < 1.29 is 27.4 Å². The zero-order chi connectivity index (χ0) is 19.5. The molecule has 3 rings (SSSR count). The van der Waals surface area contributed by atoms with Crippen molar-refractivity contribution in [3.63, 3.8) is 0 Å². The Bertz CT molecular complexity index is 741. The minimum atomic E-state index is -3.34. The van der Waals surface area contributed by atoms with Crippen LogP contribution >= 0.6 is 0 Å². The molecule has 152 valence electrons. The third-order valence-corrected chi connectivity index (χ3v) is 6.18. The smallest absolute Gasteiger partial charge is 0.211 e. The van der Waals surface area contributed by atoms with Gasteiger partial charge in [0.25, 0.3) is 0 Å². The number of rotatable bonds is 9. The van der Waals surface area contributed by atoms with Crippen LogP contribution in [0, 0.1) is 5.41 Å². The van der Waals surface area contributed by atoms with Gasteiger partial charge >= 0.3 is 0 Å². The van der Waals surface area contributed by atoms with Gasteiger partial charge in [0, 0.05) is 25.1 Å². The Labute approximate surface area is 161 Å². The summed E-state index contributed by atoms with van der Waals surface area (Å²) in [4.78, 5) is 0. The quantitative estimate of drug-likeness (QED) is 0.633. The van der Waals surface area contributed by atoms with Crippen LogP contribution in [-0.4, -0.2) is 65.2 Å². The van der Waals surface area contributed by atoms with E-state index in [0.717, 1.165) is 18.4 Å². The number of nitrogens with zero attached hydrogens (tertiary/aromatic N) is 1. The van der Waals surface area contributed by atoms with Gasteiger partial charge in [0.05, 0.1) is 39.3 Å². The molecule has 0 aromatic heterocycles. The van der Waals surface area contributed by atoms with Crippen LogP contribution in [0.1, 0.15) is 25.3 Å². The average molecular weight is 400 g/mol. The molecular formula is C19H29NO6S. The first-order valence-electron chi connectivity index (χ1n) is 9.23. The third kappa shape index (κ3) is 5.34. The maximum Gasteiger partial charge on any atom is 0.211 e. The van der Waals surface area contributed by atoms with Crippen molar-refractivity contribution in [3.8, 4) is 11.5 Å². The molecule has 1 aromatic rings. The first kappa shape index (κ1) is 20.4. The molecule has 0 aliphatic carbocycles. The normalized spacial score (nSPS) is 21.9. The van der Waals surface area contributed by atoms with Gasteiger partial charge in [0.2, 0.25) is 10.0 Å². The summed E-state index contributed by atoms with van der Waals surface area (Å²) in [6.07, 6.45) is 3.07. The molecular weight excluding hydrogens is 370 g/mol. The van der Waals surface area contributed by atoms with Gasteiger partial charge in [0.1, 0.15) is 0 Å². The van der Waals surface area contributed by atoms with E-state index in [1.54, 1.807) is 7.11 Å². The zero-order valence-corrected chi connectivity index (χ0v) is 17.1. The fourth-order valence-corrected chi connectivity index (χ4v) is 4.08.